The van der Waals surface area contributed by atoms with Gasteiger partial charge in [-0.25, -0.2) is 23.4 Å². The summed E-state index contributed by atoms with van der Waals surface area (Å²) in [6, 6.07) is 8.75. The molecule has 1 unspecified atom stereocenters. The van der Waals surface area contributed by atoms with Gasteiger partial charge in [-0.3, -0.25) is 14.5 Å². The first-order chi connectivity index (χ1) is 17.2. The molecule has 0 aliphatic heterocycles. The van der Waals surface area contributed by atoms with E-state index in [1.165, 1.54) is 17.3 Å². The topological polar surface area (TPSA) is 151 Å². The zero-order valence-corrected chi connectivity index (χ0v) is 20.9. The van der Waals surface area contributed by atoms with Crippen LogP contribution in [0, 0.1) is 11.3 Å². The fraction of sp³-hybridized carbons (Fsp3) is 0.333. The normalized spacial score (nSPS) is 13.9. The number of sulfonamides is 1. The van der Waals surface area contributed by atoms with Crippen molar-refractivity contribution in [2.24, 2.45) is 0 Å². The lowest BCUT2D eigenvalue weighted by Gasteiger charge is -2.23. The van der Waals surface area contributed by atoms with Gasteiger partial charge >= 0.3 is 0 Å². The lowest BCUT2D eigenvalue weighted by Crippen LogP contribution is -2.31. The number of hydrogen-bond donors (Lipinski definition) is 1. The number of anilines is 2. The quantitative estimate of drug-likeness (QED) is 0.461. The van der Waals surface area contributed by atoms with Crippen LogP contribution in [0.25, 0.3) is 11.3 Å². The fourth-order valence-electron chi connectivity index (χ4n) is 3.57. The summed E-state index contributed by atoms with van der Waals surface area (Å²) in [6.45, 7) is 3.96. The predicted molar refractivity (Wildman–Crippen MR) is 133 cm³/mol. The number of nitrogens with one attached hydrogen (secondary N) is 1. The number of amides is 1. The number of benzene rings is 1. The third kappa shape index (κ3) is 5.41. The van der Waals surface area contributed by atoms with Crippen LogP contribution < -0.4 is 14.4 Å². The van der Waals surface area contributed by atoms with E-state index >= 15 is 0 Å². The van der Waals surface area contributed by atoms with E-state index in [2.05, 4.69) is 30.7 Å². The number of nitriles is 1. The number of aromatic nitrogens is 4. The second-order valence-corrected chi connectivity index (χ2v) is 10.3. The number of ether oxygens (including phenoxy) is 1. The predicted octanol–water partition coefficient (Wildman–Crippen LogP) is 2.87. The maximum absolute atomic E-state index is 13.3. The molecule has 1 saturated carbocycles. The van der Waals surface area contributed by atoms with Crippen LogP contribution in [0.4, 0.5) is 11.6 Å². The van der Waals surface area contributed by atoms with Gasteiger partial charge in [0.05, 0.1) is 52.8 Å². The summed E-state index contributed by atoms with van der Waals surface area (Å²) in [4.78, 5) is 31.4. The molecule has 0 saturated heterocycles. The van der Waals surface area contributed by atoms with Gasteiger partial charge in [0, 0.05) is 18.8 Å². The van der Waals surface area contributed by atoms with Crippen LogP contribution in [0.2, 0.25) is 0 Å². The van der Waals surface area contributed by atoms with Crippen molar-refractivity contribution in [3.05, 3.63) is 54.1 Å². The summed E-state index contributed by atoms with van der Waals surface area (Å²) >= 11 is 0. The van der Waals surface area contributed by atoms with E-state index in [1.807, 2.05) is 6.92 Å². The number of carbonyl (C=O) groups is 1. The molecule has 1 atom stereocenters. The minimum absolute atomic E-state index is 0.0702. The molecule has 0 bridgehead atoms. The Morgan fingerprint density at radius 3 is 2.75 bits per heavy atom. The van der Waals surface area contributed by atoms with Crippen LogP contribution in [0.5, 0.6) is 5.88 Å². The Kier molecular flexibility index (Phi) is 7.12. The highest BCUT2D eigenvalue weighted by Gasteiger charge is 2.36. The standard InChI is InChI=1S/C24H25N7O4S/c1-4-35-22-14-26-13-20(28-22)16-5-8-21(17(11-16)12-25)31(3)23(32)15(2)19-9-10-27-24(29-19)30-36(33,34)18-6-7-18/h5,8-11,13-15,18H,4,6-7H2,1-3H3,(H,27,29,30). The van der Waals surface area contributed by atoms with Gasteiger partial charge in [-0.05, 0) is 44.9 Å². The van der Waals surface area contributed by atoms with Gasteiger partial charge in [-0.1, -0.05) is 6.07 Å². The molecule has 1 N–H and O–H groups in total. The number of nitrogens with zero attached hydrogens (tertiary/aromatic N) is 6. The SMILES string of the molecule is CCOc1cncc(-c2ccc(N(C)C(=O)C(C)c3ccnc(NS(=O)(=O)C4CC4)n3)c(C#N)c2)n1. The number of likely N-dealkylation sites (N-methyl/N-ethyl adjacent to an activating group) is 1. The highest BCUT2D eigenvalue weighted by molar-refractivity contribution is 7.93. The van der Waals surface area contributed by atoms with Crippen molar-refractivity contribution < 1.29 is 17.9 Å². The van der Waals surface area contributed by atoms with E-state index in [9.17, 15) is 18.5 Å². The first kappa shape index (κ1) is 25.0. The molecular weight excluding hydrogens is 482 g/mol. The summed E-state index contributed by atoms with van der Waals surface area (Å²) in [5.74, 6) is -0.740. The minimum atomic E-state index is -3.53. The van der Waals surface area contributed by atoms with Crippen molar-refractivity contribution >= 4 is 27.6 Å². The van der Waals surface area contributed by atoms with E-state index in [1.54, 1.807) is 44.4 Å². The molecule has 0 spiro atoms. The van der Waals surface area contributed by atoms with E-state index < -0.39 is 21.2 Å². The van der Waals surface area contributed by atoms with Crippen molar-refractivity contribution in [2.75, 3.05) is 23.3 Å². The molecule has 36 heavy (non-hydrogen) atoms. The van der Waals surface area contributed by atoms with Gasteiger partial charge in [0.15, 0.2) is 0 Å². The molecule has 1 aromatic carbocycles. The molecule has 3 aromatic rings. The van der Waals surface area contributed by atoms with Crippen molar-refractivity contribution in [1.29, 1.82) is 5.26 Å². The van der Waals surface area contributed by atoms with Gasteiger partial charge in [0.25, 0.3) is 0 Å². The summed E-state index contributed by atoms with van der Waals surface area (Å²) in [6.07, 6.45) is 5.71. The molecule has 1 aliphatic rings. The average Bonchev–Trinajstić information content (AvgIpc) is 3.74. The van der Waals surface area contributed by atoms with Crippen LogP contribution in [-0.4, -0.2) is 53.2 Å². The smallest absolute Gasteiger partial charge is 0.237 e. The third-order valence-electron chi connectivity index (χ3n) is 5.70. The van der Waals surface area contributed by atoms with Gasteiger partial charge < -0.3 is 9.64 Å². The third-order valence-corrected chi connectivity index (χ3v) is 7.51. The van der Waals surface area contributed by atoms with E-state index in [-0.39, 0.29) is 17.4 Å². The van der Waals surface area contributed by atoms with Gasteiger partial charge in [-0.15, -0.1) is 0 Å². The Hall–Kier alpha value is -4.11. The van der Waals surface area contributed by atoms with E-state index in [0.717, 1.165) is 0 Å². The van der Waals surface area contributed by atoms with Crippen LogP contribution in [0.3, 0.4) is 0 Å². The molecule has 1 aliphatic carbocycles. The molecule has 4 rings (SSSR count). The van der Waals surface area contributed by atoms with Gasteiger partial charge in [-0.2, -0.15) is 5.26 Å². The Balaban J connectivity index is 1.55. The zero-order valence-electron chi connectivity index (χ0n) is 20.0. The maximum Gasteiger partial charge on any atom is 0.237 e. The van der Waals surface area contributed by atoms with Crippen molar-refractivity contribution in [1.82, 2.24) is 19.9 Å². The van der Waals surface area contributed by atoms with Gasteiger partial charge in [0.1, 0.15) is 6.07 Å². The molecule has 186 valence electrons. The summed E-state index contributed by atoms with van der Waals surface area (Å²) < 4.78 is 32.2. The minimum Gasteiger partial charge on any atom is -0.477 e. The molecule has 0 radical (unpaired) electrons. The van der Waals surface area contributed by atoms with E-state index in [4.69, 9.17) is 4.74 Å². The average molecular weight is 508 g/mol. The summed E-state index contributed by atoms with van der Waals surface area (Å²) in [5.41, 5.74) is 2.24. The first-order valence-corrected chi connectivity index (χ1v) is 12.9. The van der Waals surface area contributed by atoms with Crippen molar-refractivity contribution in [3.8, 4) is 23.2 Å². The highest BCUT2D eigenvalue weighted by Crippen LogP contribution is 2.30. The number of rotatable bonds is 9. The number of hydrogen-bond acceptors (Lipinski definition) is 9. The Bertz CT molecular complexity index is 1430. The van der Waals surface area contributed by atoms with Gasteiger partial charge in [0.2, 0.25) is 27.8 Å². The second-order valence-electron chi connectivity index (χ2n) is 8.29. The van der Waals surface area contributed by atoms with E-state index in [0.29, 0.717) is 48.0 Å². The maximum atomic E-state index is 13.3. The van der Waals surface area contributed by atoms with Crippen LogP contribution in [-0.2, 0) is 14.8 Å². The molecule has 1 amide bonds. The molecule has 2 aromatic heterocycles. The van der Waals surface area contributed by atoms with Crippen molar-refractivity contribution in [2.45, 2.75) is 37.9 Å². The molecule has 12 heteroatoms. The van der Waals surface area contributed by atoms with Crippen LogP contribution in [0.15, 0.2) is 42.9 Å². The Morgan fingerprint density at radius 2 is 2.06 bits per heavy atom. The van der Waals surface area contributed by atoms with Crippen molar-refractivity contribution in [3.63, 3.8) is 0 Å². The summed E-state index contributed by atoms with van der Waals surface area (Å²) in [5, 5.41) is 9.35. The van der Waals surface area contributed by atoms with Crippen LogP contribution >= 0.6 is 0 Å². The molecule has 1 fully saturated rings. The summed E-state index contributed by atoms with van der Waals surface area (Å²) in [7, 11) is -1.96. The molecule has 2 heterocycles. The lowest BCUT2D eigenvalue weighted by molar-refractivity contribution is -0.119. The molecular formula is C24H25N7O4S. The highest BCUT2D eigenvalue weighted by atomic mass is 32.2. The molecule has 11 nitrogen and oxygen atoms in total. The number of carbonyl (C=O) groups excluding carboxylic acids is 1. The lowest BCUT2D eigenvalue weighted by atomic mass is 10.0. The Labute approximate surface area is 209 Å². The fourth-order valence-corrected chi connectivity index (χ4v) is 4.85. The largest absolute Gasteiger partial charge is 0.477 e. The monoisotopic (exact) mass is 507 g/mol. The van der Waals surface area contributed by atoms with Crippen LogP contribution in [0.1, 0.15) is 43.9 Å². The Morgan fingerprint density at radius 1 is 1.28 bits per heavy atom. The second kappa shape index (κ2) is 10.2. The zero-order chi connectivity index (χ0) is 25.9. The first-order valence-electron chi connectivity index (χ1n) is 11.3.